The van der Waals surface area contributed by atoms with Gasteiger partial charge in [-0.15, -0.1) is 0 Å². The highest BCUT2D eigenvalue weighted by Crippen LogP contribution is 2.22. The number of aromatic hydroxyl groups is 1. The zero-order chi connectivity index (χ0) is 15.2. The van der Waals surface area contributed by atoms with E-state index in [1.165, 1.54) is 5.56 Å². The molecule has 2 aromatic rings. The van der Waals surface area contributed by atoms with Crippen molar-refractivity contribution in [1.29, 1.82) is 0 Å². The van der Waals surface area contributed by atoms with Crippen molar-refractivity contribution < 1.29 is 5.11 Å². The molecule has 0 fully saturated rings. The van der Waals surface area contributed by atoms with E-state index in [2.05, 4.69) is 23.3 Å². The molecule has 4 nitrogen and oxygen atoms in total. The predicted molar refractivity (Wildman–Crippen MR) is 88.1 cm³/mol. The van der Waals surface area contributed by atoms with Gasteiger partial charge in [-0.1, -0.05) is 12.1 Å². The number of benzene rings is 1. The highest BCUT2D eigenvalue weighted by atomic mass is 16.3. The lowest BCUT2D eigenvalue weighted by Crippen LogP contribution is -2.20. The van der Waals surface area contributed by atoms with E-state index in [9.17, 15) is 5.11 Å². The number of phenolic OH excluding ortho intramolecular Hbond substituents is 1. The quantitative estimate of drug-likeness (QED) is 0.855. The van der Waals surface area contributed by atoms with Crippen LogP contribution in [-0.2, 0) is 6.42 Å². The Morgan fingerprint density at radius 3 is 2.57 bits per heavy atom. The molecule has 1 unspecified atom stereocenters. The lowest BCUT2D eigenvalue weighted by atomic mass is 10.1. The Hall–Kier alpha value is -2.23. The first-order chi connectivity index (χ1) is 10.1. The number of hydrogen-bond donors (Lipinski definition) is 2. The van der Waals surface area contributed by atoms with Gasteiger partial charge in [0.05, 0.1) is 5.69 Å². The summed E-state index contributed by atoms with van der Waals surface area (Å²) in [6, 6.07) is 11.8. The SMILES string of the molecule is CC(CCc1ccc(O)cc1)Nc1cccnc1N(C)C. The second kappa shape index (κ2) is 6.97. The Bertz CT molecular complexity index is 567. The third-order valence-corrected chi connectivity index (χ3v) is 3.41. The molecule has 1 aromatic carbocycles. The Morgan fingerprint density at radius 2 is 1.90 bits per heavy atom. The van der Waals surface area contributed by atoms with Crippen molar-refractivity contribution in [2.24, 2.45) is 0 Å². The summed E-state index contributed by atoms with van der Waals surface area (Å²) in [5, 5.41) is 12.8. The van der Waals surface area contributed by atoms with Crippen LogP contribution in [0.3, 0.4) is 0 Å². The molecule has 0 saturated heterocycles. The van der Waals surface area contributed by atoms with E-state index >= 15 is 0 Å². The molecule has 112 valence electrons. The number of nitrogens with zero attached hydrogens (tertiary/aromatic N) is 2. The van der Waals surface area contributed by atoms with Gasteiger partial charge in [0.2, 0.25) is 0 Å². The van der Waals surface area contributed by atoms with E-state index in [1.807, 2.05) is 43.4 Å². The third kappa shape index (κ3) is 4.38. The molecule has 2 N–H and O–H groups in total. The molecule has 0 bridgehead atoms. The van der Waals surface area contributed by atoms with Gasteiger partial charge in [-0.05, 0) is 49.6 Å². The van der Waals surface area contributed by atoms with Crippen LogP contribution < -0.4 is 10.2 Å². The fourth-order valence-electron chi connectivity index (χ4n) is 2.25. The summed E-state index contributed by atoms with van der Waals surface area (Å²) in [5.74, 6) is 1.27. The summed E-state index contributed by atoms with van der Waals surface area (Å²) in [5.41, 5.74) is 2.29. The summed E-state index contributed by atoms with van der Waals surface area (Å²) in [4.78, 5) is 6.40. The molecule has 4 heteroatoms. The van der Waals surface area contributed by atoms with Crippen LogP contribution in [0.2, 0.25) is 0 Å². The van der Waals surface area contributed by atoms with Crippen LogP contribution in [0.15, 0.2) is 42.6 Å². The maximum Gasteiger partial charge on any atom is 0.151 e. The molecule has 0 spiro atoms. The number of pyridine rings is 1. The summed E-state index contributed by atoms with van der Waals surface area (Å²) in [7, 11) is 3.99. The summed E-state index contributed by atoms with van der Waals surface area (Å²) < 4.78 is 0. The van der Waals surface area contributed by atoms with Crippen molar-refractivity contribution in [3.8, 4) is 5.75 Å². The summed E-state index contributed by atoms with van der Waals surface area (Å²) in [6.07, 6.45) is 3.81. The van der Waals surface area contributed by atoms with E-state index in [4.69, 9.17) is 0 Å². The molecule has 21 heavy (non-hydrogen) atoms. The molecule has 1 atom stereocenters. The van der Waals surface area contributed by atoms with Gasteiger partial charge >= 0.3 is 0 Å². The van der Waals surface area contributed by atoms with Gasteiger partial charge in [0.25, 0.3) is 0 Å². The molecule has 0 radical (unpaired) electrons. The average molecular weight is 285 g/mol. The van der Waals surface area contributed by atoms with Crippen molar-refractivity contribution in [2.75, 3.05) is 24.3 Å². The zero-order valence-electron chi connectivity index (χ0n) is 12.9. The highest BCUT2D eigenvalue weighted by molar-refractivity contribution is 5.65. The fourth-order valence-corrected chi connectivity index (χ4v) is 2.25. The van der Waals surface area contributed by atoms with Gasteiger partial charge < -0.3 is 15.3 Å². The normalized spacial score (nSPS) is 12.0. The molecule has 0 amide bonds. The van der Waals surface area contributed by atoms with Crippen LogP contribution in [0.25, 0.3) is 0 Å². The van der Waals surface area contributed by atoms with Crippen molar-refractivity contribution in [2.45, 2.75) is 25.8 Å². The fraction of sp³-hybridized carbons (Fsp3) is 0.353. The van der Waals surface area contributed by atoms with Gasteiger partial charge in [0.15, 0.2) is 5.82 Å². The Kier molecular flexibility index (Phi) is 5.04. The van der Waals surface area contributed by atoms with Crippen molar-refractivity contribution in [1.82, 2.24) is 4.98 Å². The van der Waals surface area contributed by atoms with Crippen molar-refractivity contribution in [3.05, 3.63) is 48.2 Å². The van der Waals surface area contributed by atoms with Crippen LogP contribution >= 0.6 is 0 Å². The number of rotatable bonds is 6. The van der Waals surface area contributed by atoms with Gasteiger partial charge in [-0.2, -0.15) is 0 Å². The molecule has 0 saturated carbocycles. The van der Waals surface area contributed by atoms with Gasteiger partial charge in [-0.3, -0.25) is 0 Å². The molecule has 2 rings (SSSR count). The van der Waals surface area contributed by atoms with Crippen LogP contribution in [0, 0.1) is 0 Å². The van der Waals surface area contributed by atoms with E-state index in [1.54, 1.807) is 12.1 Å². The van der Waals surface area contributed by atoms with Crippen LogP contribution in [0.1, 0.15) is 18.9 Å². The standard InChI is InChI=1S/C17H23N3O/c1-13(6-7-14-8-10-15(21)11-9-14)19-16-5-4-12-18-17(16)20(2)3/h4-5,8-13,19,21H,6-7H2,1-3H3. The number of aryl methyl sites for hydroxylation is 1. The number of phenols is 1. The number of hydrogen-bond acceptors (Lipinski definition) is 4. The predicted octanol–water partition coefficient (Wildman–Crippen LogP) is 3.29. The van der Waals surface area contributed by atoms with Crippen LogP contribution in [0.4, 0.5) is 11.5 Å². The molecular formula is C17H23N3O. The second-order valence-electron chi connectivity index (χ2n) is 5.52. The number of nitrogens with one attached hydrogen (secondary N) is 1. The molecule has 1 heterocycles. The average Bonchev–Trinajstić information content (AvgIpc) is 2.47. The van der Waals surface area contributed by atoms with E-state index in [0.29, 0.717) is 11.8 Å². The van der Waals surface area contributed by atoms with Gasteiger partial charge in [-0.25, -0.2) is 4.98 Å². The molecule has 0 aliphatic heterocycles. The van der Waals surface area contributed by atoms with E-state index in [-0.39, 0.29) is 0 Å². The zero-order valence-corrected chi connectivity index (χ0v) is 12.9. The maximum atomic E-state index is 9.29. The van der Waals surface area contributed by atoms with Gasteiger partial charge in [0, 0.05) is 26.3 Å². The summed E-state index contributed by atoms with van der Waals surface area (Å²) in [6.45, 7) is 2.17. The first kappa shape index (κ1) is 15.2. The minimum Gasteiger partial charge on any atom is -0.508 e. The minimum atomic E-state index is 0.316. The highest BCUT2D eigenvalue weighted by Gasteiger charge is 2.08. The third-order valence-electron chi connectivity index (χ3n) is 3.41. The molecule has 0 aliphatic carbocycles. The van der Waals surface area contributed by atoms with E-state index in [0.717, 1.165) is 24.3 Å². The molecule has 1 aromatic heterocycles. The Morgan fingerprint density at radius 1 is 1.19 bits per heavy atom. The lowest BCUT2D eigenvalue weighted by Gasteiger charge is -2.20. The Balaban J connectivity index is 1.93. The minimum absolute atomic E-state index is 0.316. The molecule has 0 aliphatic rings. The maximum absolute atomic E-state index is 9.29. The largest absolute Gasteiger partial charge is 0.508 e. The monoisotopic (exact) mass is 285 g/mol. The van der Waals surface area contributed by atoms with Crippen LogP contribution in [0.5, 0.6) is 5.75 Å². The topological polar surface area (TPSA) is 48.4 Å². The van der Waals surface area contributed by atoms with Crippen LogP contribution in [-0.4, -0.2) is 30.2 Å². The first-order valence-corrected chi connectivity index (χ1v) is 7.23. The van der Waals surface area contributed by atoms with Crippen molar-refractivity contribution >= 4 is 11.5 Å². The van der Waals surface area contributed by atoms with Crippen molar-refractivity contribution in [3.63, 3.8) is 0 Å². The van der Waals surface area contributed by atoms with E-state index < -0.39 is 0 Å². The number of aromatic nitrogens is 1. The number of anilines is 2. The second-order valence-corrected chi connectivity index (χ2v) is 5.52. The smallest absolute Gasteiger partial charge is 0.151 e. The van der Waals surface area contributed by atoms with Gasteiger partial charge in [0.1, 0.15) is 5.75 Å². The lowest BCUT2D eigenvalue weighted by molar-refractivity contribution is 0.475. The summed E-state index contributed by atoms with van der Waals surface area (Å²) >= 11 is 0. The Labute approximate surface area is 126 Å². The first-order valence-electron chi connectivity index (χ1n) is 7.23. The molecular weight excluding hydrogens is 262 g/mol.